The van der Waals surface area contributed by atoms with Crippen molar-refractivity contribution in [1.29, 1.82) is 0 Å². The minimum Gasteiger partial charge on any atom is -0.414 e. The lowest BCUT2D eigenvalue weighted by Gasteiger charge is -2.50. The van der Waals surface area contributed by atoms with Crippen molar-refractivity contribution in [2.75, 3.05) is 11.9 Å². The molecule has 0 aliphatic carbocycles. The van der Waals surface area contributed by atoms with Crippen LogP contribution in [0.25, 0.3) is 11.2 Å². The van der Waals surface area contributed by atoms with Crippen LogP contribution >= 0.6 is 11.6 Å². The number of ether oxygens (including phenoxy) is 1. The summed E-state index contributed by atoms with van der Waals surface area (Å²) >= 11 is 6.39. The molecule has 1 unspecified atom stereocenters. The third kappa shape index (κ3) is 5.29. The van der Waals surface area contributed by atoms with Crippen LogP contribution in [0.15, 0.2) is 6.33 Å². The van der Waals surface area contributed by atoms with Crippen LogP contribution in [0.5, 0.6) is 0 Å². The van der Waals surface area contributed by atoms with Crippen molar-refractivity contribution in [3.05, 3.63) is 11.5 Å². The van der Waals surface area contributed by atoms with Crippen LogP contribution in [-0.2, 0) is 27.3 Å². The molecule has 0 spiro atoms. The molecule has 222 valence electrons. The van der Waals surface area contributed by atoms with E-state index in [9.17, 15) is 9.59 Å². The first-order chi connectivity index (χ1) is 18.6. The van der Waals surface area contributed by atoms with Gasteiger partial charge >= 0.3 is 17.1 Å². The second kappa shape index (κ2) is 11.5. The average molecular weight is 612 g/mol. The number of anilines is 1. The van der Waals surface area contributed by atoms with E-state index in [0.717, 1.165) is 0 Å². The fourth-order valence-corrected chi connectivity index (χ4v) is 17.0. The van der Waals surface area contributed by atoms with Gasteiger partial charge in [0.05, 0.1) is 12.9 Å². The molecule has 0 bridgehead atoms. The van der Waals surface area contributed by atoms with Crippen molar-refractivity contribution >= 4 is 57.5 Å². The number of rotatable bonds is 7. The van der Waals surface area contributed by atoms with Crippen molar-refractivity contribution in [1.82, 2.24) is 19.5 Å². The molecule has 1 amide bonds. The van der Waals surface area contributed by atoms with E-state index in [2.05, 4.69) is 75.7 Å². The van der Waals surface area contributed by atoms with E-state index >= 15 is 0 Å². The molecular weight excluding hydrogens is 570 g/mol. The quantitative estimate of drug-likeness (QED) is 0.319. The van der Waals surface area contributed by atoms with Crippen molar-refractivity contribution in [3.63, 3.8) is 0 Å². The molecule has 11 nitrogen and oxygen atoms in total. The van der Waals surface area contributed by atoms with Gasteiger partial charge in [0.2, 0.25) is 17.6 Å². The zero-order valence-corrected chi connectivity index (χ0v) is 27.8. The highest BCUT2D eigenvalue weighted by atomic mass is 35.5. The summed E-state index contributed by atoms with van der Waals surface area (Å²) < 4.78 is 28.7. The Morgan fingerprint density at radius 3 is 2.15 bits per heavy atom. The SMILES string of the molecule is CC(C)C(=O)Nc1nc(Cl)c2ncn([C@@H]3O[C@@H]4CO[Si](C(C)C)(C(C)C)O[Si](C(C)C)(C(C)C)OC4C3=O)c2n1. The molecule has 4 rings (SSSR count). The first-order valence-electron chi connectivity index (χ1n) is 14.1. The lowest BCUT2D eigenvalue weighted by molar-refractivity contribution is -0.130. The molecule has 1 N–H and O–H groups in total. The molecule has 14 heteroatoms. The first kappa shape index (κ1) is 31.2. The second-order valence-electron chi connectivity index (χ2n) is 12.2. The zero-order valence-electron chi connectivity index (χ0n) is 25.0. The summed E-state index contributed by atoms with van der Waals surface area (Å²) in [5.41, 5.74) is 1.04. The molecule has 4 heterocycles. The molecule has 0 aromatic carbocycles. The number of imidazole rings is 1. The highest BCUT2D eigenvalue weighted by Gasteiger charge is 2.61. The molecule has 2 fully saturated rings. The van der Waals surface area contributed by atoms with Gasteiger partial charge in [-0.1, -0.05) is 80.8 Å². The molecule has 40 heavy (non-hydrogen) atoms. The van der Waals surface area contributed by atoms with E-state index in [0.29, 0.717) is 5.52 Å². The average Bonchev–Trinajstić information content (AvgIpc) is 3.39. The van der Waals surface area contributed by atoms with Crippen LogP contribution in [-0.4, -0.2) is 67.1 Å². The largest absolute Gasteiger partial charge is 0.414 e. The third-order valence-corrected chi connectivity index (χ3v) is 18.4. The van der Waals surface area contributed by atoms with Crippen LogP contribution < -0.4 is 5.32 Å². The topological polar surface area (TPSA) is 127 Å². The summed E-state index contributed by atoms with van der Waals surface area (Å²) in [5.74, 6) is -0.777. The molecule has 2 aromatic heterocycles. The van der Waals surface area contributed by atoms with Gasteiger partial charge in [0.1, 0.15) is 17.7 Å². The Balaban J connectivity index is 1.76. The van der Waals surface area contributed by atoms with Crippen LogP contribution in [0.1, 0.15) is 75.5 Å². The normalized spacial score (nSPS) is 24.8. The van der Waals surface area contributed by atoms with Crippen LogP contribution in [0.3, 0.4) is 0 Å². The number of carbonyl (C=O) groups is 2. The van der Waals surface area contributed by atoms with E-state index in [4.69, 9.17) is 29.3 Å². The minimum absolute atomic E-state index is 0.0260. The molecule has 0 saturated carbocycles. The van der Waals surface area contributed by atoms with Gasteiger partial charge in [-0.05, 0) is 22.2 Å². The van der Waals surface area contributed by atoms with Gasteiger partial charge < -0.3 is 17.7 Å². The first-order valence-corrected chi connectivity index (χ1v) is 18.4. The van der Waals surface area contributed by atoms with E-state index < -0.39 is 35.6 Å². The number of ketones is 1. The third-order valence-electron chi connectivity index (χ3n) is 7.88. The van der Waals surface area contributed by atoms with Crippen molar-refractivity contribution < 1.29 is 27.3 Å². The molecule has 0 radical (unpaired) electrons. The van der Waals surface area contributed by atoms with Gasteiger partial charge in [-0.3, -0.25) is 19.5 Å². The molecule has 2 aliphatic heterocycles. The Bertz CT molecular complexity index is 1250. The lowest BCUT2D eigenvalue weighted by Crippen LogP contribution is -2.65. The van der Waals surface area contributed by atoms with Crippen molar-refractivity contribution in [3.8, 4) is 0 Å². The zero-order chi connectivity index (χ0) is 29.7. The number of hydrogen-bond donors (Lipinski definition) is 1. The van der Waals surface area contributed by atoms with Gasteiger partial charge in [-0.15, -0.1) is 0 Å². The van der Waals surface area contributed by atoms with Crippen LogP contribution in [0.4, 0.5) is 5.95 Å². The highest BCUT2D eigenvalue weighted by molar-refractivity contribution is 6.84. The molecule has 2 saturated heterocycles. The summed E-state index contributed by atoms with van der Waals surface area (Å²) in [5, 5.41) is 2.72. The lowest BCUT2D eigenvalue weighted by atomic mass is 10.1. The summed E-state index contributed by atoms with van der Waals surface area (Å²) in [6.45, 7) is 20.7. The molecular formula is C26H42ClN5O6Si2. The monoisotopic (exact) mass is 611 g/mol. The Morgan fingerprint density at radius 2 is 1.60 bits per heavy atom. The van der Waals surface area contributed by atoms with Gasteiger partial charge in [0.25, 0.3) is 0 Å². The van der Waals surface area contributed by atoms with Gasteiger partial charge in [0.15, 0.2) is 17.0 Å². The second-order valence-corrected chi connectivity index (χ2v) is 21.5. The fraction of sp³-hybridized carbons (Fsp3) is 0.731. The predicted molar refractivity (Wildman–Crippen MR) is 157 cm³/mol. The number of nitrogens with one attached hydrogen (secondary N) is 1. The number of fused-ring (bicyclic) bond motifs is 2. The molecule has 2 aromatic rings. The number of Topliss-reactive ketones (excluding diaryl/α,β-unsaturated/α-hetero) is 1. The smallest absolute Gasteiger partial charge is 0.335 e. The molecule has 2 aliphatic rings. The summed E-state index contributed by atoms with van der Waals surface area (Å²) in [6.07, 6.45) is -1.12. The van der Waals surface area contributed by atoms with E-state index in [-0.39, 0.29) is 63.1 Å². The number of hydrogen-bond acceptors (Lipinski definition) is 9. The van der Waals surface area contributed by atoms with E-state index in [1.165, 1.54) is 10.9 Å². The summed E-state index contributed by atoms with van der Waals surface area (Å²) in [7, 11) is -5.79. The maximum absolute atomic E-state index is 14.0. The van der Waals surface area contributed by atoms with Crippen molar-refractivity contribution in [2.45, 2.75) is 110 Å². The van der Waals surface area contributed by atoms with Crippen molar-refractivity contribution in [2.24, 2.45) is 5.92 Å². The Morgan fingerprint density at radius 1 is 1.00 bits per heavy atom. The van der Waals surface area contributed by atoms with Gasteiger partial charge in [-0.25, -0.2) is 4.98 Å². The summed E-state index contributed by atoms with van der Waals surface area (Å²) in [6, 6.07) is 0. The number of aromatic nitrogens is 4. The van der Waals surface area contributed by atoms with Gasteiger partial charge in [0, 0.05) is 5.92 Å². The number of amides is 1. The minimum atomic E-state index is -3.01. The maximum atomic E-state index is 14.0. The van der Waals surface area contributed by atoms with Crippen LogP contribution in [0.2, 0.25) is 27.3 Å². The highest BCUT2D eigenvalue weighted by Crippen LogP contribution is 2.47. The fourth-order valence-electron chi connectivity index (χ4n) is 5.58. The molecule has 3 atom stereocenters. The number of carbonyl (C=O) groups excluding carboxylic acids is 2. The number of halogens is 1. The predicted octanol–water partition coefficient (Wildman–Crippen LogP) is 5.50. The standard InChI is InChI=1S/C26H42ClN5O6Si2/c1-13(2)24(34)31-26-29-22(27)19-23(30-26)32(12-28-19)25-20(33)21-18(36-25)11-35-39(14(3)4,15(5)6)38-40(37-21,16(7)8)17(9)10/h12-18,21,25H,11H2,1-10H3,(H,29,30,31,34)/t18-,21?,25-/m1/s1. The van der Waals surface area contributed by atoms with Crippen LogP contribution in [0, 0.1) is 5.92 Å². The van der Waals surface area contributed by atoms with E-state index in [1.54, 1.807) is 13.8 Å². The Labute approximate surface area is 243 Å². The summed E-state index contributed by atoms with van der Waals surface area (Å²) in [4.78, 5) is 39.3. The Hall–Kier alpha value is -1.75. The van der Waals surface area contributed by atoms with E-state index in [1.807, 2.05) is 0 Å². The van der Waals surface area contributed by atoms with Gasteiger partial charge in [-0.2, -0.15) is 9.97 Å². The maximum Gasteiger partial charge on any atom is 0.335 e. The number of nitrogens with zero attached hydrogens (tertiary/aromatic N) is 4. The Kier molecular flexibility index (Phi) is 8.97.